The minimum Gasteiger partial charge on any atom is -0.345 e. The summed E-state index contributed by atoms with van der Waals surface area (Å²) in [6, 6.07) is 7.55. The zero-order chi connectivity index (χ0) is 15.9. The summed E-state index contributed by atoms with van der Waals surface area (Å²) in [5, 5.41) is 3.73. The molecule has 1 aliphatic heterocycles. The van der Waals surface area contributed by atoms with Gasteiger partial charge in [0.05, 0.1) is 13.1 Å². The number of amides is 1. The number of rotatable bonds is 3. The SMILES string of the molecule is C#CCNC(=NC)N1CCN(Cc2ccc(Cl)cc2)C(=O)C1.I. The molecule has 1 amide bonds. The Morgan fingerprint density at radius 2 is 2.09 bits per heavy atom. The second-order valence-electron chi connectivity index (χ2n) is 4.97. The smallest absolute Gasteiger partial charge is 0.242 e. The van der Waals surface area contributed by atoms with Crippen molar-refractivity contribution in [3.05, 3.63) is 34.9 Å². The highest BCUT2D eigenvalue weighted by atomic mass is 127. The lowest BCUT2D eigenvalue weighted by Crippen LogP contribution is -2.54. The Bertz CT molecular complexity index is 597. The van der Waals surface area contributed by atoms with Gasteiger partial charge in [-0.15, -0.1) is 30.4 Å². The molecule has 23 heavy (non-hydrogen) atoms. The van der Waals surface area contributed by atoms with Crippen molar-refractivity contribution in [3.8, 4) is 12.3 Å². The number of hydrogen-bond donors (Lipinski definition) is 1. The van der Waals surface area contributed by atoms with Gasteiger partial charge in [-0.25, -0.2) is 0 Å². The van der Waals surface area contributed by atoms with Crippen molar-refractivity contribution in [2.45, 2.75) is 6.54 Å². The molecule has 0 atom stereocenters. The number of guanidine groups is 1. The summed E-state index contributed by atoms with van der Waals surface area (Å²) in [7, 11) is 1.68. The van der Waals surface area contributed by atoms with Gasteiger partial charge < -0.3 is 15.1 Å². The van der Waals surface area contributed by atoms with Crippen LogP contribution in [0.5, 0.6) is 0 Å². The molecule has 0 unspecified atom stereocenters. The van der Waals surface area contributed by atoms with Crippen LogP contribution in [0, 0.1) is 12.3 Å². The van der Waals surface area contributed by atoms with Crippen LogP contribution in [0.15, 0.2) is 29.3 Å². The molecule has 0 saturated carbocycles. The summed E-state index contributed by atoms with van der Waals surface area (Å²) in [5.41, 5.74) is 1.07. The first-order valence-electron chi connectivity index (χ1n) is 7.05. The molecule has 124 valence electrons. The van der Waals surface area contributed by atoms with Gasteiger partial charge in [0.25, 0.3) is 0 Å². The summed E-state index contributed by atoms with van der Waals surface area (Å²) in [6.07, 6.45) is 5.24. The molecule has 7 heteroatoms. The zero-order valence-corrected chi connectivity index (χ0v) is 16.0. The average Bonchev–Trinajstić information content (AvgIpc) is 2.52. The number of terminal acetylenes is 1. The van der Waals surface area contributed by atoms with Crippen molar-refractivity contribution < 1.29 is 4.79 Å². The fourth-order valence-corrected chi connectivity index (χ4v) is 2.46. The Balaban J connectivity index is 0.00000264. The second kappa shape index (κ2) is 9.63. The van der Waals surface area contributed by atoms with Crippen molar-refractivity contribution in [1.82, 2.24) is 15.1 Å². The van der Waals surface area contributed by atoms with Gasteiger partial charge in [-0.3, -0.25) is 9.79 Å². The molecule has 1 aromatic rings. The third-order valence-electron chi connectivity index (χ3n) is 3.47. The summed E-state index contributed by atoms with van der Waals surface area (Å²) < 4.78 is 0. The van der Waals surface area contributed by atoms with E-state index in [4.69, 9.17) is 18.0 Å². The van der Waals surface area contributed by atoms with Crippen molar-refractivity contribution in [1.29, 1.82) is 0 Å². The first kappa shape index (κ1) is 19.6. The number of aliphatic imine (C=N–C) groups is 1. The number of nitrogens with one attached hydrogen (secondary N) is 1. The van der Waals surface area contributed by atoms with Gasteiger partial charge in [-0.05, 0) is 17.7 Å². The molecule has 0 bridgehead atoms. The number of carbonyl (C=O) groups excluding carboxylic acids is 1. The second-order valence-corrected chi connectivity index (χ2v) is 5.40. The maximum Gasteiger partial charge on any atom is 0.242 e. The number of benzene rings is 1. The molecule has 0 aliphatic carbocycles. The molecule has 1 N–H and O–H groups in total. The molecular formula is C16H20ClIN4O. The topological polar surface area (TPSA) is 47.9 Å². The normalized spacial score (nSPS) is 15.0. The number of halogens is 2. The monoisotopic (exact) mass is 446 g/mol. The Morgan fingerprint density at radius 3 is 2.65 bits per heavy atom. The van der Waals surface area contributed by atoms with Gasteiger partial charge in [0.1, 0.15) is 0 Å². The highest BCUT2D eigenvalue weighted by Crippen LogP contribution is 2.13. The van der Waals surface area contributed by atoms with E-state index < -0.39 is 0 Å². The Labute approximate surface area is 159 Å². The van der Waals surface area contributed by atoms with Crippen LogP contribution in [0.1, 0.15) is 5.56 Å². The maximum atomic E-state index is 12.3. The summed E-state index contributed by atoms with van der Waals surface area (Å²) in [5.74, 6) is 3.24. The average molecular weight is 447 g/mol. The first-order chi connectivity index (χ1) is 10.6. The van der Waals surface area contributed by atoms with Crippen LogP contribution < -0.4 is 5.32 Å². The van der Waals surface area contributed by atoms with E-state index in [0.717, 1.165) is 12.1 Å². The summed E-state index contributed by atoms with van der Waals surface area (Å²) in [6.45, 7) is 2.67. The Kier molecular flexibility index (Phi) is 8.20. The zero-order valence-electron chi connectivity index (χ0n) is 13.0. The lowest BCUT2D eigenvalue weighted by molar-refractivity contribution is -0.135. The van der Waals surface area contributed by atoms with E-state index in [2.05, 4.69) is 16.2 Å². The van der Waals surface area contributed by atoms with Gasteiger partial charge in [0, 0.05) is 31.7 Å². The van der Waals surface area contributed by atoms with Crippen molar-refractivity contribution in [3.63, 3.8) is 0 Å². The molecule has 0 radical (unpaired) electrons. The van der Waals surface area contributed by atoms with Crippen LogP contribution in [0.2, 0.25) is 5.02 Å². The predicted octanol–water partition coefficient (Wildman–Crippen LogP) is 1.81. The lowest BCUT2D eigenvalue weighted by Gasteiger charge is -2.36. The minimum absolute atomic E-state index is 0. The Morgan fingerprint density at radius 1 is 1.39 bits per heavy atom. The standard InChI is InChI=1S/C16H19ClN4O.HI/c1-3-8-19-16(18-2)21-10-9-20(15(22)12-21)11-13-4-6-14(17)7-5-13;/h1,4-7H,8-12H2,2H3,(H,18,19);1H. The molecule has 1 fully saturated rings. The lowest BCUT2D eigenvalue weighted by atomic mass is 10.2. The molecule has 1 aliphatic rings. The minimum atomic E-state index is 0. The quantitative estimate of drug-likeness (QED) is 0.333. The van der Waals surface area contributed by atoms with E-state index in [9.17, 15) is 4.79 Å². The fraction of sp³-hybridized carbons (Fsp3) is 0.375. The highest BCUT2D eigenvalue weighted by Gasteiger charge is 2.25. The van der Waals surface area contributed by atoms with Gasteiger partial charge >= 0.3 is 0 Å². The number of hydrogen-bond acceptors (Lipinski definition) is 2. The third-order valence-corrected chi connectivity index (χ3v) is 3.72. The predicted molar refractivity (Wildman–Crippen MR) is 104 cm³/mol. The van der Waals surface area contributed by atoms with Crippen molar-refractivity contribution in [2.24, 2.45) is 4.99 Å². The molecule has 5 nitrogen and oxygen atoms in total. The van der Waals surface area contributed by atoms with Crippen LogP contribution in [0.4, 0.5) is 0 Å². The molecular weight excluding hydrogens is 427 g/mol. The highest BCUT2D eigenvalue weighted by molar-refractivity contribution is 14.0. The third kappa shape index (κ3) is 5.59. The molecule has 1 heterocycles. The van der Waals surface area contributed by atoms with Crippen molar-refractivity contribution >= 4 is 47.4 Å². The Hall–Kier alpha value is -1.46. The van der Waals surface area contributed by atoms with Gasteiger partial charge in [0.2, 0.25) is 5.91 Å². The number of nitrogens with zero attached hydrogens (tertiary/aromatic N) is 3. The van der Waals surface area contributed by atoms with Crippen LogP contribution in [-0.2, 0) is 11.3 Å². The first-order valence-corrected chi connectivity index (χ1v) is 7.43. The van der Waals surface area contributed by atoms with E-state index in [1.165, 1.54) is 0 Å². The van der Waals surface area contributed by atoms with Gasteiger partial charge in [-0.1, -0.05) is 29.7 Å². The number of carbonyl (C=O) groups is 1. The largest absolute Gasteiger partial charge is 0.345 e. The maximum absolute atomic E-state index is 12.3. The fourth-order valence-electron chi connectivity index (χ4n) is 2.33. The van der Waals surface area contributed by atoms with Gasteiger partial charge in [-0.2, -0.15) is 0 Å². The summed E-state index contributed by atoms with van der Waals surface area (Å²) >= 11 is 5.87. The van der Waals surface area contributed by atoms with E-state index in [0.29, 0.717) is 37.2 Å². The molecule has 0 spiro atoms. The van der Waals surface area contributed by atoms with Crippen LogP contribution in [-0.4, -0.2) is 54.9 Å². The van der Waals surface area contributed by atoms with Crippen LogP contribution >= 0.6 is 35.6 Å². The number of piperazine rings is 1. The molecule has 0 aromatic heterocycles. The van der Waals surface area contributed by atoms with E-state index in [1.807, 2.05) is 34.1 Å². The molecule has 2 rings (SSSR count). The van der Waals surface area contributed by atoms with Crippen LogP contribution in [0.3, 0.4) is 0 Å². The van der Waals surface area contributed by atoms with E-state index >= 15 is 0 Å². The van der Waals surface area contributed by atoms with E-state index in [-0.39, 0.29) is 29.9 Å². The van der Waals surface area contributed by atoms with Gasteiger partial charge in [0.15, 0.2) is 5.96 Å². The van der Waals surface area contributed by atoms with Crippen LogP contribution in [0.25, 0.3) is 0 Å². The molecule has 1 aromatic carbocycles. The molecule has 1 saturated heterocycles. The van der Waals surface area contributed by atoms with E-state index in [1.54, 1.807) is 7.05 Å². The van der Waals surface area contributed by atoms with Crippen molar-refractivity contribution in [2.75, 3.05) is 33.2 Å². The summed E-state index contributed by atoms with van der Waals surface area (Å²) in [4.78, 5) is 20.2.